The number of nitrogens with one attached hydrogen (secondary N) is 1. The molecule has 0 radical (unpaired) electrons. The summed E-state index contributed by atoms with van der Waals surface area (Å²) in [6.07, 6.45) is 1.61. The highest BCUT2D eigenvalue weighted by Gasteiger charge is 2.51. The first kappa shape index (κ1) is 19.2. The summed E-state index contributed by atoms with van der Waals surface area (Å²) in [5.74, 6) is -0.757. The maximum absolute atomic E-state index is 13.2. The summed E-state index contributed by atoms with van der Waals surface area (Å²) in [7, 11) is 0. The van der Waals surface area contributed by atoms with Crippen molar-refractivity contribution >= 4 is 29.1 Å². The van der Waals surface area contributed by atoms with E-state index in [1.807, 2.05) is 13.8 Å². The molecule has 0 bridgehead atoms. The first-order chi connectivity index (χ1) is 14.9. The van der Waals surface area contributed by atoms with Gasteiger partial charge in [0.05, 0.1) is 22.2 Å². The van der Waals surface area contributed by atoms with E-state index in [4.69, 9.17) is 0 Å². The largest absolute Gasteiger partial charge is 0.325 e. The third-order valence-electron chi connectivity index (χ3n) is 6.12. The summed E-state index contributed by atoms with van der Waals surface area (Å²) in [6.45, 7) is 4.08. The maximum atomic E-state index is 13.2. The fourth-order valence-electron chi connectivity index (χ4n) is 4.42. The second-order valence-corrected chi connectivity index (χ2v) is 8.45. The van der Waals surface area contributed by atoms with Crippen LogP contribution in [-0.2, 0) is 10.2 Å². The summed E-state index contributed by atoms with van der Waals surface area (Å²) in [4.78, 5) is 39.9. The van der Waals surface area contributed by atoms with Crippen LogP contribution in [0.4, 0.5) is 11.4 Å². The molecule has 1 aliphatic carbocycles. The highest BCUT2D eigenvalue weighted by Crippen LogP contribution is 2.49. The van der Waals surface area contributed by atoms with Gasteiger partial charge in [-0.2, -0.15) is 0 Å². The molecule has 5 nitrogen and oxygen atoms in total. The first-order valence-electron chi connectivity index (χ1n) is 10.4. The van der Waals surface area contributed by atoms with Crippen LogP contribution >= 0.6 is 0 Å². The molecule has 2 aliphatic rings. The third-order valence-corrected chi connectivity index (χ3v) is 6.12. The van der Waals surface area contributed by atoms with Crippen LogP contribution in [0, 0.1) is 13.8 Å². The number of nitrogens with zero attached hydrogens (tertiary/aromatic N) is 1. The van der Waals surface area contributed by atoms with Crippen molar-refractivity contribution in [1.82, 2.24) is 0 Å². The van der Waals surface area contributed by atoms with E-state index >= 15 is 0 Å². The highest BCUT2D eigenvalue weighted by molar-refractivity contribution is 6.34. The quantitative estimate of drug-likeness (QED) is 0.630. The van der Waals surface area contributed by atoms with E-state index in [1.165, 1.54) is 0 Å². The molecule has 1 aliphatic heterocycles. The van der Waals surface area contributed by atoms with Crippen molar-refractivity contribution in [2.45, 2.75) is 32.1 Å². The fraction of sp³-hybridized carbons (Fsp3) is 0.192. The van der Waals surface area contributed by atoms with Crippen molar-refractivity contribution in [3.05, 3.63) is 94.5 Å². The molecule has 5 heteroatoms. The molecule has 1 fully saturated rings. The van der Waals surface area contributed by atoms with E-state index in [1.54, 1.807) is 48.5 Å². The minimum Gasteiger partial charge on any atom is -0.325 e. The Bertz CT molecular complexity index is 1200. The molecule has 3 aromatic carbocycles. The molecule has 5 rings (SSSR count). The van der Waals surface area contributed by atoms with Crippen LogP contribution in [0.1, 0.15) is 50.2 Å². The Balaban J connectivity index is 1.41. The maximum Gasteiger partial charge on any atom is 0.266 e. The van der Waals surface area contributed by atoms with Crippen LogP contribution in [-0.4, -0.2) is 17.7 Å². The number of rotatable bonds is 4. The van der Waals surface area contributed by atoms with Crippen molar-refractivity contribution in [2.24, 2.45) is 0 Å². The summed E-state index contributed by atoms with van der Waals surface area (Å²) in [5, 5.41) is 3.01. The minimum atomic E-state index is -0.512. The Morgan fingerprint density at radius 3 is 2.03 bits per heavy atom. The summed E-state index contributed by atoms with van der Waals surface area (Å²) in [6, 6.07) is 19.9. The van der Waals surface area contributed by atoms with Gasteiger partial charge >= 0.3 is 0 Å². The van der Waals surface area contributed by atoms with E-state index in [2.05, 4.69) is 23.5 Å². The molecule has 0 aromatic heterocycles. The number of hydrogen-bond donors (Lipinski definition) is 1. The zero-order valence-electron chi connectivity index (χ0n) is 17.4. The van der Waals surface area contributed by atoms with Gasteiger partial charge in [0.25, 0.3) is 11.8 Å². The minimum absolute atomic E-state index is 0.0583. The third kappa shape index (κ3) is 3.13. The SMILES string of the molecule is Cc1cc(C)cc(C2(C(=O)Nc3cccc(N4C(=O)c5ccccc5C4=O)c3)CC2)c1. The van der Waals surface area contributed by atoms with Crippen molar-refractivity contribution in [3.8, 4) is 0 Å². The van der Waals surface area contributed by atoms with Gasteiger partial charge in [-0.1, -0.05) is 47.5 Å². The number of imide groups is 1. The normalized spacial score (nSPS) is 16.3. The smallest absolute Gasteiger partial charge is 0.266 e. The molecular formula is C26H22N2O3. The van der Waals surface area contributed by atoms with Crippen LogP contribution in [0.15, 0.2) is 66.7 Å². The van der Waals surface area contributed by atoms with Crippen molar-refractivity contribution < 1.29 is 14.4 Å². The summed E-state index contributed by atoms with van der Waals surface area (Å²) < 4.78 is 0. The van der Waals surface area contributed by atoms with Gasteiger partial charge in [-0.15, -0.1) is 0 Å². The Hall–Kier alpha value is -3.73. The van der Waals surface area contributed by atoms with Crippen LogP contribution in [0.3, 0.4) is 0 Å². The monoisotopic (exact) mass is 410 g/mol. The van der Waals surface area contributed by atoms with Gasteiger partial charge < -0.3 is 5.32 Å². The molecular weight excluding hydrogens is 388 g/mol. The molecule has 0 atom stereocenters. The van der Waals surface area contributed by atoms with Gasteiger partial charge in [0.2, 0.25) is 5.91 Å². The molecule has 0 unspecified atom stereocenters. The van der Waals surface area contributed by atoms with E-state index in [0.29, 0.717) is 22.5 Å². The molecule has 3 aromatic rings. The van der Waals surface area contributed by atoms with Crippen molar-refractivity contribution in [3.63, 3.8) is 0 Å². The van der Waals surface area contributed by atoms with Crippen LogP contribution in [0.25, 0.3) is 0 Å². The van der Waals surface area contributed by atoms with Gasteiger partial charge in [0, 0.05) is 5.69 Å². The number of carbonyl (C=O) groups excluding carboxylic acids is 3. The molecule has 0 saturated heterocycles. The predicted molar refractivity (Wildman–Crippen MR) is 119 cm³/mol. The Kier molecular flexibility index (Phi) is 4.29. The van der Waals surface area contributed by atoms with Gasteiger partial charge in [-0.25, -0.2) is 4.90 Å². The number of benzene rings is 3. The second kappa shape index (κ2) is 6.91. The van der Waals surface area contributed by atoms with E-state index < -0.39 is 5.41 Å². The lowest BCUT2D eigenvalue weighted by Gasteiger charge is -2.19. The van der Waals surface area contributed by atoms with Gasteiger partial charge in [0.1, 0.15) is 0 Å². The number of amides is 3. The summed E-state index contributed by atoms with van der Waals surface area (Å²) >= 11 is 0. The van der Waals surface area contributed by atoms with Crippen molar-refractivity contribution in [2.75, 3.05) is 10.2 Å². The fourth-order valence-corrected chi connectivity index (χ4v) is 4.42. The second-order valence-electron chi connectivity index (χ2n) is 8.45. The Labute approximate surface area is 180 Å². The first-order valence-corrected chi connectivity index (χ1v) is 10.4. The van der Waals surface area contributed by atoms with Crippen LogP contribution < -0.4 is 10.2 Å². The highest BCUT2D eigenvalue weighted by atomic mass is 16.2. The lowest BCUT2D eigenvalue weighted by atomic mass is 9.92. The zero-order valence-corrected chi connectivity index (χ0v) is 17.4. The summed E-state index contributed by atoms with van der Waals surface area (Å²) in [5.41, 5.74) is 4.61. The average Bonchev–Trinajstić information content (AvgIpc) is 3.51. The van der Waals surface area contributed by atoms with Gasteiger partial charge in [0.15, 0.2) is 0 Å². The Morgan fingerprint density at radius 2 is 1.45 bits per heavy atom. The number of fused-ring (bicyclic) bond motifs is 1. The average molecular weight is 410 g/mol. The Morgan fingerprint density at radius 1 is 0.839 bits per heavy atom. The van der Waals surface area contributed by atoms with Crippen molar-refractivity contribution in [1.29, 1.82) is 0 Å². The molecule has 0 spiro atoms. The molecule has 3 amide bonds. The standard InChI is InChI=1S/C26H22N2O3/c1-16-12-17(2)14-18(13-16)26(10-11-26)25(31)27-19-6-5-7-20(15-19)28-23(29)21-8-3-4-9-22(21)24(28)30/h3-9,12-15H,10-11H2,1-2H3,(H,27,31). The zero-order chi connectivity index (χ0) is 21.8. The molecule has 154 valence electrons. The number of aryl methyl sites for hydroxylation is 2. The molecule has 31 heavy (non-hydrogen) atoms. The van der Waals surface area contributed by atoms with Crippen LogP contribution in [0.5, 0.6) is 0 Å². The van der Waals surface area contributed by atoms with E-state index in [0.717, 1.165) is 34.4 Å². The topological polar surface area (TPSA) is 66.5 Å². The number of carbonyl (C=O) groups is 3. The molecule has 1 N–H and O–H groups in total. The molecule has 1 saturated carbocycles. The van der Waals surface area contributed by atoms with Gasteiger partial charge in [-0.05, 0) is 62.6 Å². The molecule has 1 heterocycles. The van der Waals surface area contributed by atoms with E-state index in [9.17, 15) is 14.4 Å². The van der Waals surface area contributed by atoms with Gasteiger partial charge in [-0.3, -0.25) is 14.4 Å². The number of hydrogen-bond acceptors (Lipinski definition) is 3. The lowest BCUT2D eigenvalue weighted by molar-refractivity contribution is -0.118. The predicted octanol–water partition coefficient (Wildman–Crippen LogP) is 4.77. The van der Waals surface area contributed by atoms with Crippen LogP contribution in [0.2, 0.25) is 0 Å². The van der Waals surface area contributed by atoms with E-state index in [-0.39, 0.29) is 17.7 Å². The lowest BCUT2D eigenvalue weighted by Crippen LogP contribution is -2.30. The number of anilines is 2.